The third-order valence-corrected chi connectivity index (χ3v) is 12.2. The van der Waals surface area contributed by atoms with Crippen molar-refractivity contribution in [1.29, 1.82) is 0 Å². The number of hydrogen-bond acceptors (Lipinski definition) is 3. The Morgan fingerprint density at radius 1 is 0.540 bits per heavy atom. The lowest BCUT2D eigenvalue weighted by Crippen LogP contribution is -2.31. The molecule has 50 heavy (non-hydrogen) atoms. The quantitative estimate of drug-likeness (QED) is 0.173. The highest BCUT2D eigenvalue weighted by Gasteiger charge is 2.34. The first-order valence-corrected chi connectivity index (χ1v) is 18.0. The van der Waals surface area contributed by atoms with Crippen molar-refractivity contribution in [3.63, 3.8) is 0 Å². The maximum atomic E-state index is 5.73. The molecule has 0 fully saturated rings. The Morgan fingerprint density at radius 2 is 1.22 bits per heavy atom. The van der Waals surface area contributed by atoms with E-state index in [1.54, 1.807) is 0 Å². The number of aromatic nitrogens is 2. The van der Waals surface area contributed by atoms with Gasteiger partial charge in [0.15, 0.2) is 5.84 Å². The van der Waals surface area contributed by atoms with Crippen molar-refractivity contribution in [2.24, 2.45) is 4.99 Å². The summed E-state index contributed by atoms with van der Waals surface area (Å²) in [5.74, 6) is 1.01. The van der Waals surface area contributed by atoms with Gasteiger partial charge in [-0.3, -0.25) is 4.57 Å². The summed E-state index contributed by atoms with van der Waals surface area (Å²) in [6.07, 6.45) is -0.171. The van der Waals surface area contributed by atoms with Crippen molar-refractivity contribution < 1.29 is 0 Å². The standard InChI is InChI=1S/C45H28N4S/c1-47-42-32-19-9-12-22-37(32)50-43(42)45(46-44(47)27-14-3-2-4-15-27)49-35-20-10-7-17-29(35)33-25-34-30-24-23-26-13-5-6-16-28(26)39(30)48-36-21-11-8-18-31(36)38(40(34)48)41(33)49/h2-25,44H,1H3. The van der Waals surface area contributed by atoms with E-state index in [0.29, 0.717) is 0 Å². The molecule has 1 unspecified atom stereocenters. The fourth-order valence-electron chi connectivity index (χ4n) is 8.98. The molecule has 4 aromatic heterocycles. The molecule has 0 spiro atoms. The molecule has 0 saturated heterocycles. The molecule has 1 aliphatic heterocycles. The highest BCUT2D eigenvalue weighted by Crippen LogP contribution is 2.50. The SMILES string of the molecule is CN1c2c(sc3ccccc23)C(n2c3ccccc3c3cc4c5ccc6ccccc6c5n5c6ccccc6c(c32)c45)=NC1c1ccccc1. The van der Waals surface area contributed by atoms with Crippen LogP contribution < -0.4 is 4.90 Å². The second-order valence-electron chi connectivity index (χ2n) is 13.6. The Morgan fingerprint density at radius 3 is 2.08 bits per heavy atom. The molecule has 0 aliphatic carbocycles. The van der Waals surface area contributed by atoms with Crippen molar-refractivity contribution in [2.45, 2.75) is 6.17 Å². The summed E-state index contributed by atoms with van der Waals surface area (Å²) in [5.41, 5.74) is 8.61. The molecule has 0 bridgehead atoms. The Kier molecular flexibility index (Phi) is 5.08. The number of aliphatic imine (C=N–C) groups is 1. The topological polar surface area (TPSA) is 24.9 Å². The smallest absolute Gasteiger partial charge is 0.155 e. The van der Waals surface area contributed by atoms with E-state index in [1.807, 2.05) is 11.3 Å². The van der Waals surface area contributed by atoms with Gasteiger partial charge in [-0.25, -0.2) is 4.99 Å². The van der Waals surface area contributed by atoms with Crippen LogP contribution in [0.3, 0.4) is 0 Å². The number of thiophene rings is 1. The summed E-state index contributed by atoms with van der Waals surface area (Å²) >= 11 is 1.85. The molecule has 234 valence electrons. The van der Waals surface area contributed by atoms with E-state index in [4.69, 9.17) is 4.99 Å². The molecule has 0 amide bonds. The molecular formula is C45H28N4S. The Balaban J connectivity index is 1.32. The van der Waals surface area contributed by atoms with Crippen molar-refractivity contribution in [2.75, 3.05) is 11.9 Å². The van der Waals surface area contributed by atoms with Gasteiger partial charge >= 0.3 is 0 Å². The van der Waals surface area contributed by atoms with Crippen molar-refractivity contribution in [1.82, 2.24) is 8.97 Å². The Bertz CT molecular complexity index is 3230. The van der Waals surface area contributed by atoms with Crippen LogP contribution in [0.15, 0.2) is 151 Å². The third kappa shape index (κ3) is 3.23. The van der Waals surface area contributed by atoms with Gasteiger partial charge in [0.05, 0.1) is 38.1 Å². The summed E-state index contributed by atoms with van der Waals surface area (Å²) < 4.78 is 6.31. The van der Waals surface area contributed by atoms with E-state index in [9.17, 15) is 0 Å². The predicted octanol–water partition coefficient (Wildman–Crippen LogP) is 11.8. The monoisotopic (exact) mass is 656 g/mol. The molecule has 0 saturated carbocycles. The number of hydrogen-bond donors (Lipinski definition) is 0. The van der Waals surface area contributed by atoms with Crippen LogP contribution in [-0.4, -0.2) is 21.9 Å². The first-order valence-electron chi connectivity index (χ1n) is 17.2. The number of anilines is 1. The molecule has 5 heterocycles. The Hall–Kier alpha value is -6.17. The first kappa shape index (κ1) is 26.7. The lowest BCUT2D eigenvalue weighted by molar-refractivity contribution is 0.698. The zero-order chi connectivity index (χ0) is 32.7. The summed E-state index contributed by atoms with van der Waals surface area (Å²) in [5, 5.41) is 11.4. The van der Waals surface area contributed by atoms with E-state index in [1.165, 1.54) is 96.9 Å². The number of rotatable bonds is 1. The average molecular weight is 657 g/mol. The fourth-order valence-corrected chi connectivity index (χ4v) is 10.2. The molecule has 7 aromatic carbocycles. The molecule has 0 N–H and O–H groups in total. The van der Waals surface area contributed by atoms with Gasteiger partial charge in [0.1, 0.15) is 6.17 Å². The van der Waals surface area contributed by atoms with Crippen LogP contribution in [0, 0.1) is 0 Å². The third-order valence-electron chi connectivity index (χ3n) is 11.0. The van der Waals surface area contributed by atoms with Gasteiger partial charge in [0, 0.05) is 54.8 Å². The summed E-state index contributed by atoms with van der Waals surface area (Å²) in [7, 11) is 2.20. The Labute approximate surface area is 290 Å². The van der Waals surface area contributed by atoms with Gasteiger partial charge in [-0.2, -0.15) is 0 Å². The van der Waals surface area contributed by atoms with E-state index >= 15 is 0 Å². The van der Waals surface area contributed by atoms with Crippen LogP contribution in [0.5, 0.6) is 0 Å². The van der Waals surface area contributed by atoms with Crippen molar-refractivity contribution in [3.8, 4) is 0 Å². The number of benzene rings is 7. The summed E-state index contributed by atoms with van der Waals surface area (Å²) in [6.45, 7) is 0. The van der Waals surface area contributed by atoms with Crippen molar-refractivity contribution in [3.05, 3.63) is 156 Å². The number of nitrogens with zero attached hydrogens (tertiary/aromatic N) is 4. The van der Waals surface area contributed by atoms with Crippen LogP contribution >= 0.6 is 11.3 Å². The molecule has 11 aromatic rings. The van der Waals surface area contributed by atoms with Crippen molar-refractivity contribution >= 4 is 104 Å². The van der Waals surface area contributed by atoms with Gasteiger partial charge in [-0.05, 0) is 35.2 Å². The molecular weight excluding hydrogens is 629 g/mol. The first-order chi connectivity index (χ1) is 24.8. The molecule has 1 atom stereocenters. The molecule has 4 nitrogen and oxygen atoms in total. The molecule has 0 radical (unpaired) electrons. The lowest BCUT2D eigenvalue weighted by Gasteiger charge is -2.33. The van der Waals surface area contributed by atoms with Crippen LogP contribution in [0.1, 0.15) is 16.6 Å². The fraction of sp³-hybridized carbons (Fsp3) is 0.0444. The van der Waals surface area contributed by atoms with E-state index in [0.717, 1.165) is 5.84 Å². The van der Waals surface area contributed by atoms with Crippen LogP contribution in [0.25, 0.3) is 80.8 Å². The maximum absolute atomic E-state index is 5.73. The normalized spacial score (nSPS) is 15.2. The van der Waals surface area contributed by atoms with Gasteiger partial charge in [0.2, 0.25) is 0 Å². The second kappa shape index (κ2) is 9.50. The maximum Gasteiger partial charge on any atom is 0.155 e. The number of fused-ring (bicyclic) bond motifs is 15. The zero-order valence-corrected chi connectivity index (χ0v) is 27.9. The van der Waals surface area contributed by atoms with Gasteiger partial charge in [-0.1, -0.05) is 121 Å². The average Bonchev–Trinajstić information content (AvgIpc) is 3.91. The van der Waals surface area contributed by atoms with E-state index in [-0.39, 0.29) is 6.17 Å². The van der Waals surface area contributed by atoms with Gasteiger partial charge < -0.3 is 9.30 Å². The van der Waals surface area contributed by atoms with E-state index in [2.05, 4.69) is 167 Å². The minimum Gasteiger partial charge on any atom is -0.347 e. The number of para-hydroxylation sites is 2. The molecule has 12 rings (SSSR count). The second-order valence-corrected chi connectivity index (χ2v) is 14.6. The molecule has 5 heteroatoms. The minimum atomic E-state index is -0.171. The lowest BCUT2D eigenvalue weighted by atomic mass is 10.0. The highest BCUT2D eigenvalue weighted by atomic mass is 32.1. The van der Waals surface area contributed by atoms with E-state index < -0.39 is 0 Å². The van der Waals surface area contributed by atoms with Crippen LogP contribution in [0.4, 0.5) is 5.69 Å². The largest absolute Gasteiger partial charge is 0.347 e. The van der Waals surface area contributed by atoms with Gasteiger partial charge in [0.25, 0.3) is 0 Å². The van der Waals surface area contributed by atoms with Crippen LogP contribution in [-0.2, 0) is 0 Å². The minimum absolute atomic E-state index is 0.171. The van der Waals surface area contributed by atoms with Crippen LogP contribution in [0.2, 0.25) is 0 Å². The summed E-state index contributed by atoms with van der Waals surface area (Å²) in [6, 6.07) is 53.3. The zero-order valence-electron chi connectivity index (χ0n) is 27.1. The van der Waals surface area contributed by atoms with Gasteiger partial charge in [-0.15, -0.1) is 11.3 Å². The summed E-state index contributed by atoms with van der Waals surface area (Å²) in [4.78, 5) is 9.31. The predicted molar refractivity (Wildman–Crippen MR) is 213 cm³/mol. The molecule has 1 aliphatic rings. The highest BCUT2D eigenvalue weighted by molar-refractivity contribution is 7.21.